The van der Waals surface area contributed by atoms with E-state index in [0.29, 0.717) is 47.0 Å². The summed E-state index contributed by atoms with van der Waals surface area (Å²) in [4.78, 5) is 16.8. The van der Waals surface area contributed by atoms with Gasteiger partial charge in [0.2, 0.25) is 5.88 Å². The van der Waals surface area contributed by atoms with Crippen molar-refractivity contribution in [3.05, 3.63) is 17.3 Å². The van der Waals surface area contributed by atoms with E-state index >= 15 is 4.39 Å². The summed E-state index contributed by atoms with van der Waals surface area (Å²) < 4.78 is 22.0. The first-order valence-corrected chi connectivity index (χ1v) is 11.1. The highest BCUT2D eigenvalue weighted by molar-refractivity contribution is 5.95. The van der Waals surface area contributed by atoms with Crippen LogP contribution in [-0.2, 0) is 10.8 Å². The Morgan fingerprint density at radius 1 is 1.00 bits per heavy atom. The Balaban J connectivity index is 1.83. The first kappa shape index (κ1) is 19.9. The average Bonchev–Trinajstić information content (AvgIpc) is 3.03. The molecular formula is C23H32FN5O. The second kappa shape index (κ2) is 6.49. The van der Waals surface area contributed by atoms with Gasteiger partial charge in [-0.1, -0.05) is 41.5 Å². The third-order valence-corrected chi connectivity index (χ3v) is 6.60. The Morgan fingerprint density at radius 3 is 2.47 bits per heavy atom. The van der Waals surface area contributed by atoms with Gasteiger partial charge in [-0.3, -0.25) is 0 Å². The topological polar surface area (TPSA) is 63.2 Å². The SMILES string of the molecule is CC(C)(C)c1nc2c3c(nc(C(C)(C)C)c(F)c3n1)OCC[C@H]1[C@@H]3CC[C@H](CN21)N3. The maximum atomic E-state index is 15.8. The lowest BCUT2D eigenvalue weighted by Gasteiger charge is -2.43. The van der Waals surface area contributed by atoms with E-state index in [-0.39, 0.29) is 17.3 Å². The maximum Gasteiger partial charge on any atom is 0.227 e. The van der Waals surface area contributed by atoms with Gasteiger partial charge in [0, 0.05) is 41.9 Å². The molecule has 6 nitrogen and oxygen atoms in total. The number of anilines is 1. The number of rotatable bonds is 0. The van der Waals surface area contributed by atoms with Gasteiger partial charge in [0.15, 0.2) is 5.82 Å². The predicted molar refractivity (Wildman–Crippen MR) is 116 cm³/mol. The second-order valence-corrected chi connectivity index (χ2v) is 11.1. The lowest BCUT2D eigenvalue weighted by molar-refractivity contribution is 0.254. The van der Waals surface area contributed by atoms with E-state index in [1.807, 2.05) is 20.8 Å². The number of fused-ring (bicyclic) bond motifs is 5. The summed E-state index contributed by atoms with van der Waals surface area (Å²) in [6.07, 6.45) is 3.22. The van der Waals surface area contributed by atoms with Gasteiger partial charge in [-0.15, -0.1) is 0 Å². The van der Waals surface area contributed by atoms with Gasteiger partial charge in [0.05, 0.1) is 12.3 Å². The Morgan fingerprint density at radius 2 is 1.77 bits per heavy atom. The van der Waals surface area contributed by atoms with Crippen molar-refractivity contribution in [1.82, 2.24) is 20.3 Å². The highest BCUT2D eigenvalue weighted by Crippen LogP contribution is 2.42. The molecule has 0 aromatic carbocycles. The van der Waals surface area contributed by atoms with Crippen LogP contribution in [0.25, 0.3) is 10.9 Å². The van der Waals surface area contributed by atoms with Gasteiger partial charge in [-0.25, -0.2) is 19.3 Å². The molecule has 2 fully saturated rings. The fraction of sp³-hybridized carbons (Fsp3) is 0.696. The molecule has 162 valence electrons. The summed E-state index contributed by atoms with van der Waals surface area (Å²) in [7, 11) is 0. The van der Waals surface area contributed by atoms with E-state index in [1.165, 1.54) is 6.42 Å². The third kappa shape index (κ3) is 3.04. The quantitative estimate of drug-likeness (QED) is 0.708. The third-order valence-electron chi connectivity index (χ3n) is 6.60. The molecule has 1 N–H and O–H groups in total. The molecule has 0 spiro atoms. The van der Waals surface area contributed by atoms with Gasteiger partial charge in [-0.2, -0.15) is 0 Å². The largest absolute Gasteiger partial charge is 0.477 e. The van der Waals surface area contributed by atoms with Crippen molar-refractivity contribution in [1.29, 1.82) is 0 Å². The number of piperazine rings is 1. The van der Waals surface area contributed by atoms with Gasteiger partial charge in [-0.05, 0) is 12.8 Å². The fourth-order valence-electron chi connectivity index (χ4n) is 5.03. The molecule has 3 aliphatic heterocycles. The first-order valence-electron chi connectivity index (χ1n) is 11.1. The monoisotopic (exact) mass is 413 g/mol. The molecule has 0 aliphatic carbocycles. The van der Waals surface area contributed by atoms with Crippen molar-refractivity contribution in [3.8, 4) is 5.88 Å². The number of hydrogen-bond acceptors (Lipinski definition) is 6. The molecular weight excluding hydrogens is 381 g/mol. The van der Waals surface area contributed by atoms with Gasteiger partial charge in [0.1, 0.15) is 22.5 Å². The minimum atomic E-state index is -0.454. The standard InChI is InChI=1S/C23H32FN5O/c1-22(2,3)18-16(24)17-15-19(28-21(26-17)23(4,5)6)29-11-12-7-8-13(25-12)14(29)9-10-30-20(15)27-18/h12-14,25H,7-11H2,1-6H3/t12-,13+,14+/m1/s1. The second-order valence-electron chi connectivity index (χ2n) is 11.1. The number of aromatic nitrogens is 3. The number of nitrogens with one attached hydrogen (secondary N) is 1. The minimum Gasteiger partial charge on any atom is -0.477 e. The average molecular weight is 414 g/mol. The van der Waals surface area contributed by atoms with Crippen molar-refractivity contribution < 1.29 is 9.13 Å². The molecule has 0 saturated carbocycles. The van der Waals surface area contributed by atoms with Crippen LogP contribution in [0, 0.1) is 5.82 Å². The molecule has 3 atom stereocenters. The number of pyridine rings is 1. The van der Waals surface area contributed by atoms with Crippen LogP contribution >= 0.6 is 0 Å². The van der Waals surface area contributed by atoms with Crippen molar-refractivity contribution >= 4 is 16.7 Å². The van der Waals surface area contributed by atoms with Crippen LogP contribution in [0.15, 0.2) is 0 Å². The molecule has 0 unspecified atom stereocenters. The van der Waals surface area contributed by atoms with Crippen molar-refractivity contribution in [2.75, 3.05) is 18.1 Å². The fourth-order valence-corrected chi connectivity index (χ4v) is 5.03. The Labute approximate surface area is 177 Å². The molecule has 3 aliphatic rings. The highest BCUT2D eigenvalue weighted by Gasteiger charge is 2.43. The summed E-state index contributed by atoms with van der Waals surface area (Å²) >= 11 is 0. The van der Waals surface area contributed by atoms with Crippen LogP contribution in [0.1, 0.15) is 72.3 Å². The van der Waals surface area contributed by atoms with E-state index in [0.717, 1.165) is 25.2 Å². The zero-order chi connectivity index (χ0) is 21.4. The summed E-state index contributed by atoms with van der Waals surface area (Å²) in [6.45, 7) is 13.6. The normalized spacial score (nSPS) is 26.2. The minimum absolute atomic E-state index is 0.285. The molecule has 5 heterocycles. The van der Waals surface area contributed by atoms with Crippen LogP contribution in [-0.4, -0.2) is 46.2 Å². The molecule has 0 radical (unpaired) electrons. The van der Waals surface area contributed by atoms with Crippen LogP contribution in [0.5, 0.6) is 5.88 Å². The lowest BCUT2D eigenvalue weighted by Crippen LogP contribution is -2.59. The van der Waals surface area contributed by atoms with Crippen LogP contribution < -0.4 is 15.0 Å². The van der Waals surface area contributed by atoms with Crippen molar-refractivity contribution in [2.45, 2.75) is 89.8 Å². The van der Waals surface area contributed by atoms with Crippen molar-refractivity contribution in [3.63, 3.8) is 0 Å². The molecule has 2 aromatic heterocycles. The maximum absolute atomic E-state index is 15.8. The van der Waals surface area contributed by atoms with E-state index in [4.69, 9.17) is 14.7 Å². The molecule has 2 bridgehead atoms. The Hall–Kier alpha value is -2.02. The van der Waals surface area contributed by atoms with Crippen LogP contribution in [0.3, 0.4) is 0 Å². The molecule has 2 saturated heterocycles. The zero-order valence-corrected chi connectivity index (χ0v) is 18.8. The summed E-state index contributed by atoms with van der Waals surface area (Å²) in [5.74, 6) is 1.56. The number of nitrogens with zero attached hydrogens (tertiary/aromatic N) is 4. The Bertz CT molecular complexity index is 1010. The lowest BCUT2D eigenvalue weighted by atomic mass is 9.90. The molecule has 0 amide bonds. The number of hydrogen-bond donors (Lipinski definition) is 1. The van der Waals surface area contributed by atoms with Gasteiger partial charge >= 0.3 is 0 Å². The molecule has 7 heteroatoms. The van der Waals surface area contributed by atoms with E-state index in [2.05, 4.69) is 36.0 Å². The number of ether oxygens (including phenoxy) is 1. The Kier molecular flexibility index (Phi) is 4.31. The summed E-state index contributed by atoms with van der Waals surface area (Å²) in [5.41, 5.74) is -0.0170. The predicted octanol–water partition coefficient (Wildman–Crippen LogP) is 3.85. The first-order chi connectivity index (χ1) is 14.0. The van der Waals surface area contributed by atoms with E-state index in [1.54, 1.807) is 0 Å². The number of halogens is 1. The van der Waals surface area contributed by atoms with Crippen LogP contribution in [0.4, 0.5) is 10.2 Å². The van der Waals surface area contributed by atoms with E-state index in [9.17, 15) is 0 Å². The van der Waals surface area contributed by atoms with E-state index < -0.39 is 5.41 Å². The van der Waals surface area contributed by atoms with Crippen LogP contribution in [0.2, 0.25) is 0 Å². The zero-order valence-electron chi connectivity index (χ0n) is 18.8. The summed E-state index contributed by atoms with van der Waals surface area (Å²) in [5, 5.41) is 4.37. The molecule has 2 aromatic rings. The van der Waals surface area contributed by atoms with Gasteiger partial charge in [0.25, 0.3) is 0 Å². The molecule has 5 rings (SSSR count). The van der Waals surface area contributed by atoms with Crippen molar-refractivity contribution in [2.24, 2.45) is 0 Å². The smallest absolute Gasteiger partial charge is 0.227 e. The highest BCUT2D eigenvalue weighted by atomic mass is 19.1. The van der Waals surface area contributed by atoms with Gasteiger partial charge < -0.3 is 15.0 Å². The molecule has 30 heavy (non-hydrogen) atoms. The summed E-state index contributed by atoms with van der Waals surface area (Å²) in [6, 6.07) is 1.15.